The average Bonchev–Trinajstić information content (AvgIpc) is 2.52. The highest BCUT2D eigenvalue weighted by molar-refractivity contribution is 4.78. The summed E-state index contributed by atoms with van der Waals surface area (Å²) in [7, 11) is 0. The van der Waals surface area contributed by atoms with Crippen LogP contribution in [0.4, 0.5) is 0 Å². The minimum Gasteiger partial charge on any atom is -0.394 e. The van der Waals surface area contributed by atoms with E-state index >= 15 is 0 Å². The molecule has 4 heteroatoms. The molecule has 0 aromatic carbocycles. The van der Waals surface area contributed by atoms with Crippen LogP contribution in [0.3, 0.4) is 0 Å². The Balaban J connectivity index is 1.93. The standard InChI is InChI=1S/C9H19NO3/c1-8-9(2-5-13-8)10-3-6-12-7-4-11/h8-11H,2-7H2,1H3/t8-,9+/m1/s1. The lowest BCUT2D eigenvalue weighted by molar-refractivity contribution is 0.0864. The fourth-order valence-corrected chi connectivity index (χ4v) is 1.48. The zero-order chi connectivity index (χ0) is 9.52. The number of nitrogens with one attached hydrogen (secondary N) is 1. The maximum absolute atomic E-state index is 8.45. The van der Waals surface area contributed by atoms with Crippen molar-refractivity contribution < 1.29 is 14.6 Å². The number of aliphatic hydroxyl groups excluding tert-OH is 1. The summed E-state index contributed by atoms with van der Waals surface area (Å²) >= 11 is 0. The van der Waals surface area contributed by atoms with Crippen molar-refractivity contribution in [3.05, 3.63) is 0 Å². The fraction of sp³-hybridized carbons (Fsp3) is 1.00. The summed E-state index contributed by atoms with van der Waals surface area (Å²) in [5, 5.41) is 11.8. The number of hydrogen-bond acceptors (Lipinski definition) is 4. The normalized spacial score (nSPS) is 28.2. The summed E-state index contributed by atoms with van der Waals surface area (Å²) < 4.78 is 10.5. The van der Waals surface area contributed by atoms with E-state index in [9.17, 15) is 0 Å². The second-order valence-corrected chi connectivity index (χ2v) is 3.26. The highest BCUT2D eigenvalue weighted by atomic mass is 16.5. The second-order valence-electron chi connectivity index (χ2n) is 3.26. The maximum atomic E-state index is 8.45. The lowest BCUT2D eigenvalue weighted by Gasteiger charge is -2.15. The molecule has 0 unspecified atom stereocenters. The van der Waals surface area contributed by atoms with E-state index in [1.165, 1.54) is 0 Å². The molecule has 13 heavy (non-hydrogen) atoms. The van der Waals surface area contributed by atoms with E-state index in [1.54, 1.807) is 0 Å². The fourth-order valence-electron chi connectivity index (χ4n) is 1.48. The molecule has 1 fully saturated rings. The predicted molar refractivity (Wildman–Crippen MR) is 49.7 cm³/mol. The molecule has 0 saturated carbocycles. The maximum Gasteiger partial charge on any atom is 0.0700 e. The van der Waals surface area contributed by atoms with Gasteiger partial charge in [-0.15, -0.1) is 0 Å². The van der Waals surface area contributed by atoms with Gasteiger partial charge >= 0.3 is 0 Å². The van der Waals surface area contributed by atoms with Crippen LogP contribution in [0.2, 0.25) is 0 Å². The largest absolute Gasteiger partial charge is 0.394 e. The Labute approximate surface area is 79.2 Å². The van der Waals surface area contributed by atoms with Gasteiger partial charge in [-0.05, 0) is 13.3 Å². The van der Waals surface area contributed by atoms with Gasteiger partial charge in [-0.2, -0.15) is 0 Å². The van der Waals surface area contributed by atoms with Crippen LogP contribution in [0.25, 0.3) is 0 Å². The molecule has 0 amide bonds. The number of hydrogen-bond donors (Lipinski definition) is 2. The van der Waals surface area contributed by atoms with Gasteiger partial charge in [0.25, 0.3) is 0 Å². The van der Waals surface area contributed by atoms with Gasteiger partial charge in [0.1, 0.15) is 0 Å². The van der Waals surface area contributed by atoms with Crippen LogP contribution in [0.1, 0.15) is 13.3 Å². The number of ether oxygens (including phenoxy) is 2. The van der Waals surface area contributed by atoms with Gasteiger partial charge in [0.05, 0.1) is 25.9 Å². The molecule has 4 nitrogen and oxygen atoms in total. The van der Waals surface area contributed by atoms with Crippen molar-refractivity contribution in [1.29, 1.82) is 0 Å². The SMILES string of the molecule is C[C@H]1OCC[C@@H]1NCCOCCO. The molecule has 1 heterocycles. The van der Waals surface area contributed by atoms with Crippen molar-refractivity contribution in [3.63, 3.8) is 0 Å². The molecule has 0 aliphatic carbocycles. The first-order valence-electron chi connectivity index (χ1n) is 4.88. The first-order chi connectivity index (χ1) is 6.34. The summed E-state index contributed by atoms with van der Waals surface area (Å²) in [6.45, 7) is 4.96. The Bertz CT molecular complexity index is 132. The highest BCUT2D eigenvalue weighted by Gasteiger charge is 2.22. The second kappa shape index (κ2) is 6.32. The van der Waals surface area contributed by atoms with Crippen molar-refractivity contribution in [2.45, 2.75) is 25.5 Å². The number of aliphatic hydroxyl groups is 1. The molecule has 1 aliphatic rings. The highest BCUT2D eigenvalue weighted by Crippen LogP contribution is 2.11. The van der Waals surface area contributed by atoms with Gasteiger partial charge in [0.15, 0.2) is 0 Å². The summed E-state index contributed by atoms with van der Waals surface area (Å²) in [6.07, 6.45) is 1.40. The van der Waals surface area contributed by atoms with Crippen LogP contribution in [0, 0.1) is 0 Å². The van der Waals surface area contributed by atoms with Crippen LogP contribution >= 0.6 is 0 Å². The van der Waals surface area contributed by atoms with Gasteiger partial charge < -0.3 is 19.9 Å². The monoisotopic (exact) mass is 189 g/mol. The molecule has 1 aliphatic heterocycles. The molecule has 2 atom stereocenters. The van der Waals surface area contributed by atoms with Gasteiger partial charge in [-0.3, -0.25) is 0 Å². The molecule has 78 valence electrons. The van der Waals surface area contributed by atoms with E-state index in [2.05, 4.69) is 12.2 Å². The topological polar surface area (TPSA) is 50.7 Å². The van der Waals surface area contributed by atoms with Crippen molar-refractivity contribution in [1.82, 2.24) is 5.32 Å². The zero-order valence-electron chi connectivity index (χ0n) is 8.16. The van der Waals surface area contributed by atoms with Crippen LogP contribution in [-0.2, 0) is 9.47 Å². The Kier molecular flexibility index (Phi) is 5.31. The van der Waals surface area contributed by atoms with Crippen molar-refractivity contribution in [2.24, 2.45) is 0 Å². The Morgan fingerprint density at radius 3 is 3.00 bits per heavy atom. The molecule has 0 radical (unpaired) electrons. The first-order valence-corrected chi connectivity index (χ1v) is 4.88. The minimum absolute atomic E-state index is 0.100. The molecule has 1 saturated heterocycles. The zero-order valence-corrected chi connectivity index (χ0v) is 8.16. The first kappa shape index (κ1) is 10.9. The van der Waals surface area contributed by atoms with E-state index in [0.29, 0.717) is 25.4 Å². The molecular formula is C9H19NO3. The van der Waals surface area contributed by atoms with Crippen molar-refractivity contribution in [3.8, 4) is 0 Å². The van der Waals surface area contributed by atoms with E-state index in [-0.39, 0.29) is 6.61 Å². The van der Waals surface area contributed by atoms with Gasteiger partial charge in [0, 0.05) is 19.2 Å². The Morgan fingerprint density at radius 2 is 2.38 bits per heavy atom. The van der Waals surface area contributed by atoms with Crippen LogP contribution in [0.5, 0.6) is 0 Å². The molecule has 2 N–H and O–H groups in total. The molecule has 0 bridgehead atoms. The number of rotatable bonds is 6. The van der Waals surface area contributed by atoms with Crippen LogP contribution in [-0.4, -0.2) is 50.2 Å². The smallest absolute Gasteiger partial charge is 0.0700 e. The summed E-state index contributed by atoms with van der Waals surface area (Å²) in [6, 6.07) is 0.470. The van der Waals surface area contributed by atoms with E-state index in [0.717, 1.165) is 19.6 Å². The quantitative estimate of drug-likeness (QED) is 0.566. The molecule has 0 aromatic heterocycles. The van der Waals surface area contributed by atoms with Crippen molar-refractivity contribution >= 4 is 0 Å². The van der Waals surface area contributed by atoms with Crippen LogP contribution in [0.15, 0.2) is 0 Å². The van der Waals surface area contributed by atoms with Gasteiger partial charge in [-0.25, -0.2) is 0 Å². The third-order valence-corrected chi connectivity index (χ3v) is 2.26. The average molecular weight is 189 g/mol. The molecule has 0 spiro atoms. The van der Waals surface area contributed by atoms with E-state index < -0.39 is 0 Å². The third kappa shape index (κ3) is 4.04. The summed E-state index contributed by atoms with van der Waals surface area (Å²) in [5.74, 6) is 0. The molecular weight excluding hydrogens is 170 g/mol. The molecule has 0 aromatic rings. The lowest BCUT2D eigenvalue weighted by atomic mass is 10.1. The van der Waals surface area contributed by atoms with Crippen LogP contribution < -0.4 is 5.32 Å². The van der Waals surface area contributed by atoms with Crippen molar-refractivity contribution in [2.75, 3.05) is 33.0 Å². The Morgan fingerprint density at radius 1 is 1.54 bits per heavy atom. The summed E-state index contributed by atoms with van der Waals surface area (Å²) in [4.78, 5) is 0. The third-order valence-electron chi connectivity index (χ3n) is 2.26. The lowest BCUT2D eigenvalue weighted by Crippen LogP contribution is -2.36. The van der Waals surface area contributed by atoms with Gasteiger partial charge in [-0.1, -0.05) is 0 Å². The summed E-state index contributed by atoms with van der Waals surface area (Å²) in [5.41, 5.74) is 0. The minimum atomic E-state index is 0.100. The predicted octanol–water partition coefficient (Wildman–Crippen LogP) is -0.238. The molecule has 1 rings (SSSR count). The van der Waals surface area contributed by atoms with Gasteiger partial charge in [0.2, 0.25) is 0 Å². The van der Waals surface area contributed by atoms with E-state index in [1.807, 2.05) is 0 Å². The van der Waals surface area contributed by atoms with E-state index in [4.69, 9.17) is 14.6 Å². The Hall–Kier alpha value is -0.160.